The Kier molecular flexibility index (Phi) is 4.94. The monoisotopic (exact) mass is 313 g/mol. The summed E-state index contributed by atoms with van der Waals surface area (Å²) in [6, 6.07) is 30.4. The lowest BCUT2D eigenvalue weighted by Crippen LogP contribution is -3.00. The van der Waals surface area contributed by atoms with Gasteiger partial charge in [0.15, 0.2) is 0 Å². The highest BCUT2D eigenvalue weighted by molar-refractivity contribution is 8.04. The summed E-state index contributed by atoms with van der Waals surface area (Å²) in [5.74, 6) is 0. The Labute approximate surface area is 132 Å². The van der Waals surface area contributed by atoms with Crippen molar-refractivity contribution in [3.63, 3.8) is 0 Å². The van der Waals surface area contributed by atoms with Crippen LogP contribution in [-0.4, -0.2) is 0 Å². The fourth-order valence-electron chi connectivity index (χ4n) is 2.28. The van der Waals surface area contributed by atoms with Gasteiger partial charge >= 0.3 is 0 Å². The smallest absolute Gasteiger partial charge is 0.149 e. The molecule has 0 aliphatic heterocycles. The van der Waals surface area contributed by atoms with Crippen molar-refractivity contribution in [2.24, 2.45) is 0 Å². The van der Waals surface area contributed by atoms with Crippen molar-refractivity contribution in [3.8, 4) is 0 Å². The molecule has 1 N–H and O–H groups in total. The number of hydrogen-bond acceptors (Lipinski definition) is 1. The van der Waals surface area contributed by atoms with Gasteiger partial charge in [-0.15, -0.1) is 4.78 Å². The van der Waals surface area contributed by atoms with Gasteiger partial charge in [-0.25, -0.2) is 0 Å². The number of benzene rings is 3. The van der Waals surface area contributed by atoms with Crippen molar-refractivity contribution in [3.05, 3.63) is 91.0 Å². The summed E-state index contributed by atoms with van der Waals surface area (Å²) in [6.45, 7) is 0. The fraction of sp³-hybridized carbons (Fsp3) is 0. The molecule has 0 bridgehead atoms. The minimum atomic E-state index is -1.93. The molecule has 21 heavy (non-hydrogen) atoms. The quantitative estimate of drug-likeness (QED) is 0.716. The van der Waals surface area contributed by atoms with Crippen LogP contribution in [0.25, 0.3) is 0 Å². The molecule has 3 aromatic carbocycles. The Morgan fingerprint density at radius 3 is 0.952 bits per heavy atom. The zero-order chi connectivity index (χ0) is 13.8. The van der Waals surface area contributed by atoms with Gasteiger partial charge in [0.2, 0.25) is 0 Å². The molecule has 0 saturated heterocycles. The summed E-state index contributed by atoms with van der Waals surface area (Å²) < 4.78 is 9.23. The van der Waals surface area contributed by atoms with E-state index in [9.17, 15) is 4.78 Å². The summed E-state index contributed by atoms with van der Waals surface area (Å²) in [7, 11) is -1.93. The topological polar surface area (TPSA) is 23.9 Å². The molecule has 0 fully saturated rings. The number of rotatable bonds is 3. The van der Waals surface area contributed by atoms with E-state index in [0.29, 0.717) is 0 Å². The van der Waals surface area contributed by atoms with Crippen molar-refractivity contribution in [2.75, 3.05) is 0 Å². The van der Waals surface area contributed by atoms with Gasteiger partial charge in [0.1, 0.15) is 14.7 Å². The van der Waals surface area contributed by atoms with Crippen molar-refractivity contribution >= 4 is 9.82 Å². The molecule has 0 atom stereocenters. The Balaban J connectivity index is 0.00000161. The van der Waals surface area contributed by atoms with Crippen LogP contribution in [0.5, 0.6) is 0 Å². The average Bonchev–Trinajstić information content (AvgIpc) is 2.56. The van der Waals surface area contributed by atoms with Gasteiger partial charge in [0.05, 0.1) is 9.82 Å². The van der Waals surface area contributed by atoms with Gasteiger partial charge in [0, 0.05) is 0 Å². The second kappa shape index (κ2) is 6.70. The Morgan fingerprint density at radius 2 is 0.714 bits per heavy atom. The Morgan fingerprint density at radius 1 is 0.476 bits per heavy atom. The first-order valence-corrected chi connectivity index (χ1v) is 8.18. The third kappa shape index (κ3) is 2.92. The third-order valence-electron chi connectivity index (χ3n) is 3.29. The van der Waals surface area contributed by atoms with Crippen LogP contribution >= 0.6 is 0 Å². The zero-order valence-electron chi connectivity index (χ0n) is 11.4. The molecular weight excluding hydrogens is 298 g/mol. The summed E-state index contributed by atoms with van der Waals surface area (Å²) in [4.78, 5) is 3.20. The molecule has 0 spiro atoms. The van der Waals surface area contributed by atoms with Gasteiger partial charge in [0.25, 0.3) is 0 Å². The van der Waals surface area contributed by atoms with Crippen LogP contribution in [0.3, 0.4) is 0 Å². The molecule has 0 saturated carbocycles. The molecular formula is C18H16ClNS. The lowest BCUT2D eigenvalue weighted by molar-refractivity contribution is -0.00000428. The maximum atomic E-state index is 9.23. The van der Waals surface area contributed by atoms with E-state index < -0.39 is 9.82 Å². The molecule has 0 aliphatic carbocycles. The molecule has 0 aliphatic rings. The van der Waals surface area contributed by atoms with Gasteiger partial charge in [-0.05, 0) is 36.4 Å². The largest absolute Gasteiger partial charge is 1.00 e. The third-order valence-corrected chi connectivity index (χ3v) is 6.23. The molecule has 3 rings (SSSR count). The van der Waals surface area contributed by atoms with Crippen LogP contribution in [0.15, 0.2) is 106 Å². The van der Waals surface area contributed by atoms with Gasteiger partial charge in [-0.2, -0.15) is 0 Å². The first kappa shape index (κ1) is 15.5. The molecule has 0 radical (unpaired) electrons. The molecule has 3 heteroatoms. The molecule has 0 amide bonds. The predicted octanol–water partition coefficient (Wildman–Crippen LogP) is 2.08. The van der Waals surface area contributed by atoms with E-state index in [2.05, 4.69) is 36.4 Å². The van der Waals surface area contributed by atoms with Crippen molar-refractivity contribution in [2.45, 2.75) is 14.7 Å². The highest BCUT2D eigenvalue weighted by atomic mass is 35.5. The highest BCUT2D eigenvalue weighted by Gasteiger charge is 2.31. The van der Waals surface area contributed by atoms with Crippen LogP contribution in [0.1, 0.15) is 0 Å². The fourth-order valence-corrected chi connectivity index (χ4v) is 4.79. The average molecular weight is 314 g/mol. The number of nitrogens with one attached hydrogen (secondary N) is 1. The normalized spacial score (nSPS) is 10.7. The predicted molar refractivity (Wildman–Crippen MR) is 84.2 cm³/mol. The Hall–Kier alpha value is -1.90. The van der Waals surface area contributed by atoms with E-state index in [0.717, 1.165) is 14.7 Å². The maximum absolute atomic E-state index is 9.23. The molecule has 106 valence electrons. The van der Waals surface area contributed by atoms with Gasteiger partial charge in [-0.3, -0.25) is 0 Å². The lowest BCUT2D eigenvalue weighted by Gasteiger charge is -2.16. The van der Waals surface area contributed by atoms with E-state index in [1.54, 1.807) is 0 Å². The minimum absolute atomic E-state index is 0. The lowest BCUT2D eigenvalue weighted by atomic mass is 10.4. The van der Waals surface area contributed by atoms with Crippen molar-refractivity contribution in [1.29, 1.82) is 4.78 Å². The first-order valence-electron chi connectivity index (χ1n) is 6.55. The van der Waals surface area contributed by atoms with Crippen LogP contribution in [-0.2, 0) is 9.82 Å². The standard InChI is InChI=1S/C18H16NS.ClH/c19-20(16-10-4-1-5-11-16,17-12-6-2-7-13-17)18-14-8-3-9-15-18;/h1-15,19H;1H/q+1;/p-1. The van der Waals surface area contributed by atoms with Crippen LogP contribution < -0.4 is 12.4 Å². The molecule has 0 heterocycles. The zero-order valence-corrected chi connectivity index (χ0v) is 13.0. The van der Waals surface area contributed by atoms with E-state index in [-0.39, 0.29) is 12.4 Å². The van der Waals surface area contributed by atoms with Gasteiger partial charge in [-0.1, -0.05) is 54.6 Å². The van der Waals surface area contributed by atoms with Crippen molar-refractivity contribution in [1.82, 2.24) is 0 Å². The summed E-state index contributed by atoms with van der Waals surface area (Å²) in [5, 5.41) is 0. The molecule has 0 aromatic heterocycles. The van der Waals surface area contributed by atoms with Crippen LogP contribution in [0.4, 0.5) is 0 Å². The summed E-state index contributed by atoms with van der Waals surface area (Å²) in [6.07, 6.45) is 0. The first-order chi connectivity index (χ1) is 9.82. The maximum Gasteiger partial charge on any atom is 0.149 e. The van der Waals surface area contributed by atoms with Crippen LogP contribution in [0.2, 0.25) is 0 Å². The van der Waals surface area contributed by atoms with E-state index in [4.69, 9.17) is 0 Å². The van der Waals surface area contributed by atoms with E-state index in [1.165, 1.54) is 0 Å². The summed E-state index contributed by atoms with van der Waals surface area (Å²) >= 11 is 0. The van der Waals surface area contributed by atoms with Crippen LogP contribution in [0, 0.1) is 4.78 Å². The van der Waals surface area contributed by atoms with E-state index in [1.807, 2.05) is 54.6 Å². The molecule has 0 unspecified atom stereocenters. The van der Waals surface area contributed by atoms with E-state index >= 15 is 0 Å². The SMILES string of the molecule is N=[S+](c1ccccc1)(c1ccccc1)c1ccccc1.[Cl-]. The number of hydrogen-bond donors (Lipinski definition) is 1. The molecule has 1 nitrogen and oxygen atoms in total. The second-order valence-electron chi connectivity index (χ2n) is 4.55. The Bertz CT molecular complexity index is 624. The highest BCUT2D eigenvalue weighted by Crippen LogP contribution is 2.36. The van der Waals surface area contributed by atoms with Gasteiger partial charge < -0.3 is 12.4 Å². The second-order valence-corrected chi connectivity index (χ2v) is 7.19. The summed E-state index contributed by atoms with van der Waals surface area (Å²) in [5.41, 5.74) is 0. The molecule has 3 aromatic rings. The minimum Gasteiger partial charge on any atom is -1.00 e. The number of halogens is 1. The van der Waals surface area contributed by atoms with Crippen molar-refractivity contribution < 1.29 is 12.4 Å².